The molecule has 0 saturated carbocycles. The van der Waals surface area contributed by atoms with Gasteiger partial charge in [0, 0.05) is 34.2 Å². The van der Waals surface area contributed by atoms with E-state index in [9.17, 15) is 14.7 Å². The minimum atomic E-state index is -1.01. The standard InChI is InChI=1S/C29H31NO6S/c1-19-25(18-37-24-5-3-2-4-6-24)35-29(36-28(19)21-9-7-20(17-31)8-10-21)22-11-13-23(14-12-22)30-26(32)15-16-27(33)34/h2-14,19,25,28-29,31H,15-18H2,1H3,(H,30,32)(H,33,34)/t19-,25+,28+,29+/m1/s1. The Bertz CT molecular complexity index is 1170. The molecule has 4 rings (SSSR count). The number of carbonyl (C=O) groups excluding carboxylic acids is 1. The van der Waals surface area contributed by atoms with Crippen LogP contribution in [-0.4, -0.2) is 33.9 Å². The molecule has 3 aromatic rings. The van der Waals surface area contributed by atoms with Crippen molar-refractivity contribution < 1.29 is 29.3 Å². The lowest BCUT2D eigenvalue weighted by Crippen LogP contribution is -2.38. The lowest BCUT2D eigenvalue weighted by Gasteiger charge is -2.41. The first-order chi connectivity index (χ1) is 17.9. The average Bonchev–Trinajstić information content (AvgIpc) is 2.92. The van der Waals surface area contributed by atoms with E-state index < -0.39 is 12.3 Å². The highest BCUT2D eigenvalue weighted by Crippen LogP contribution is 2.43. The topological polar surface area (TPSA) is 105 Å². The van der Waals surface area contributed by atoms with Crippen LogP contribution in [0.3, 0.4) is 0 Å². The van der Waals surface area contributed by atoms with Crippen molar-refractivity contribution in [1.82, 2.24) is 0 Å². The predicted molar refractivity (Wildman–Crippen MR) is 142 cm³/mol. The largest absolute Gasteiger partial charge is 0.481 e. The normalized spacial score (nSPS) is 21.4. The summed E-state index contributed by atoms with van der Waals surface area (Å²) in [5, 5.41) is 20.9. The van der Waals surface area contributed by atoms with E-state index in [1.807, 2.05) is 54.6 Å². The Morgan fingerprint density at radius 1 is 0.892 bits per heavy atom. The van der Waals surface area contributed by atoms with Gasteiger partial charge >= 0.3 is 5.97 Å². The molecule has 1 saturated heterocycles. The Labute approximate surface area is 220 Å². The summed E-state index contributed by atoms with van der Waals surface area (Å²) in [6.45, 7) is 2.12. The van der Waals surface area contributed by atoms with Crippen molar-refractivity contribution >= 4 is 29.3 Å². The van der Waals surface area contributed by atoms with Gasteiger partial charge in [-0.25, -0.2) is 0 Å². The highest BCUT2D eigenvalue weighted by molar-refractivity contribution is 7.99. The zero-order chi connectivity index (χ0) is 26.2. The van der Waals surface area contributed by atoms with E-state index in [1.165, 1.54) is 4.90 Å². The number of amides is 1. The van der Waals surface area contributed by atoms with Gasteiger partial charge in [0.15, 0.2) is 6.29 Å². The molecule has 1 aliphatic heterocycles. The third-order valence-corrected chi connectivity index (χ3v) is 7.41. The van der Waals surface area contributed by atoms with Crippen molar-refractivity contribution in [2.75, 3.05) is 11.1 Å². The highest BCUT2D eigenvalue weighted by Gasteiger charge is 2.38. The van der Waals surface area contributed by atoms with Gasteiger partial charge in [-0.15, -0.1) is 11.8 Å². The Kier molecular flexibility index (Phi) is 9.35. The van der Waals surface area contributed by atoms with Crippen LogP contribution >= 0.6 is 11.8 Å². The summed E-state index contributed by atoms with van der Waals surface area (Å²) in [5.41, 5.74) is 3.27. The number of carboxylic acid groups (broad SMARTS) is 1. The third kappa shape index (κ3) is 7.42. The van der Waals surface area contributed by atoms with Crippen molar-refractivity contribution in [3.8, 4) is 0 Å². The van der Waals surface area contributed by atoms with Crippen molar-refractivity contribution in [3.05, 3.63) is 95.6 Å². The number of hydrogen-bond donors (Lipinski definition) is 3. The SMILES string of the molecule is C[C@@H]1[C@H](CSc2ccccc2)O[C@H](c2ccc(NC(=O)CCC(=O)O)cc2)O[C@@H]1c1ccc(CO)cc1. The molecule has 1 aliphatic rings. The van der Waals surface area contributed by atoms with Gasteiger partial charge < -0.3 is 25.0 Å². The molecule has 8 heteroatoms. The average molecular weight is 522 g/mol. The number of benzene rings is 3. The number of anilines is 1. The van der Waals surface area contributed by atoms with E-state index in [0.717, 1.165) is 22.4 Å². The van der Waals surface area contributed by atoms with Crippen LogP contribution in [0.2, 0.25) is 0 Å². The van der Waals surface area contributed by atoms with Crippen molar-refractivity contribution in [2.45, 2.75) is 49.8 Å². The molecule has 1 fully saturated rings. The molecule has 0 radical (unpaired) electrons. The zero-order valence-electron chi connectivity index (χ0n) is 20.6. The number of aliphatic hydroxyl groups excluding tert-OH is 1. The van der Waals surface area contributed by atoms with Gasteiger partial charge in [0.1, 0.15) is 0 Å². The van der Waals surface area contributed by atoms with Crippen LogP contribution in [0.1, 0.15) is 48.8 Å². The monoisotopic (exact) mass is 521 g/mol. The Balaban J connectivity index is 1.50. The van der Waals surface area contributed by atoms with E-state index in [-0.39, 0.29) is 43.5 Å². The van der Waals surface area contributed by atoms with Gasteiger partial charge in [0.05, 0.1) is 25.2 Å². The molecule has 0 bridgehead atoms. The second kappa shape index (κ2) is 12.9. The van der Waals surface area contributed by atoms with Gasteiger partial charge in [-0.3, -0.25) is 9.59 Å². The first-order valence-electron chi connectivity index (χ1n) is 12.2. The lowest BCUT2D eigenvalue weighted by molar-refractivity contribution is -0.268. The van der Waals surface area contributed by atoms with Gasteiger partial charge in [-0.05, 0) is 35.4 Å². The molecule has 0 unspecified atom stereocenters. The Hall–Kier alpha value is -3.17. The molecule has 37 heavy (non-hydrogen) atoms. The highest BCUT2D eigenvalue weighted by atomic mass is 32.2. The van der Waals surface area contributed by atoms with Crippen LogP contribution in [0, 0.1) is 5.92 Å². The molecule has 194 valence electrons. The number of nitrogens with one attached hydrogen (secondary N) is 1. The summed E-state index contributed by atoms with van der Waals surface area (Å²) in [5.74, 6) is -0.515. The van der Waals surface area contributed by atoms with Gasteiger partial charge in [0.25, 0.3) is 0 Å². The fourth-order valence-electron chi connectivity index (χ4n) is 4.17. The molecular weight excluding hydrogens is 490 g/mol. The summed E-state index contributed by atoms with van der Waals surface area (Å²) in [6, 6.07) is 25.2. The molecular formula is C29H31NO6S. The van der Waals surface area contributed by atoms with E-state index in [0.29, 0.717) is 5.69 Å². The molecule has 3 aromatic carbocycles. The number of rotatable bonds is 10. The number of carboxylic acids is 1. The number of aliphatic carboxylic acids is 1. The molecule has 0 aliphatic carbocycles. The summed E-state index contributed by atoms with van der Waals surface area (Å²) < 4.78 is 12.9. The quantitative estimate of drug-likeness (QED) is 0.300. The second-order valence-electron chi connectivity index (χ2n) is 9.01. The summed E-state index contributed by atoms with van der Waals surface area (Å²) in [6.07, 6.45) is -1.18. The Morgan fingerprint density at radius 3 is 2.22 bits per heavy atom. The van der Waals surface area contributed by atoms with Crippen LogP contribution in [0.25, 0.3) is 0 Å². The predicted octanol–water partition coefficient (Wildman–Crippen LogP) is 5.57. The zero-order valence-corrected chi connectivity index (χ0v) is 21.4. The van der Waals surface area contributed by atoms with Crippen LogP contribution in [0.15, 0.2) is 83.8 Å². The molecule has 4 atom stereocenters. The minimum Gasteiger partial charge on any atom is -0.481 e. The number of thioether (sulfide) groups is 1. The second-order valence-corrected chi connectivity index (χ2v) is 10.1. The summed E-state index contributed by atoms with van der Waals surface area (Å²) >= 11 is 1.74. The number of aliphatic hydroxyl groups is 1. The van der Waals surface area contributed by atoms with Crippen molar-refractivity contribution in [1.29, 1.82) is 0 Å². The van der Waals surface area contributed by atoms with Crippen LogP contribution in [-0.2, 0) is 25.7 Å². The van der Waals surface area contributed by atoms with Gasteiger partial charge in [-0.1, -0.05) is 61.5 Å². The smallest absolute Gasteiger partial charge is 0.303 e. The maximum Gasteiger partial charge on any atom is 0.303 e. The summed E-state index contributed by atoms with van der Waals surface area (Å²) in [7, 11) is 0. The fraction of sp³-hybridized carbons (Fsp3) is 0.310. The number of carbonyl (C=O) groups is 2. The molecule has 7 nitrogen and oxygen atoms in total. The Morgan fingerprint density at radius 2 is 1.57 bits per heavy atom. The maximum absolute atomic E-state index is 12.0. The van der Waals surface area contributed by atoms with E-state index in [4.69, 9.17) is 14.6 Å². The van der Waals surface area contributed by atoms with Crippen molar-refractivity contribution in [2.24, 2.45) is 5.92 Å². The number of ether oxygens (including phenoxy) is 2. The van der Waals surface area contributed by atoms with E-state index in [1.54, 1.807) is 23.9 Å². The fourth-order valence-corrected chi connectivity index (χ4v) is 5.26. The van der Waals surface area contributed by atoms with Gasteiger partial charge in [-0.2, -0.15) is 0 Å². The van der Waals surface area contributed by atoms with E-state index in [2.05, 4.69) is 24.4 Å². The summed E-state index contributed by atoms with van der Waals surface area (Å²) in [4.78, 5) is 23.8. The minimum absolute atomic E-state index is 0.0113. The van der Waals surface area contributed by atoms with Crippen LogP contribution < -0.4 is 5.32 Å². The molecule has 1 heterocycles. The van der Waals surface area contributed by atoms with Crippen LogP contribution in [0.4, 0.5) is 5.69 Å². The van der Waals surface area contributed by atoms with Crippen molar-refractivity contribution in [3.63, 3.8) is 0 Å². The van der Waals surface area contributed by atoms with Crippen LogP contribution in [0.5, 0.6) is 0 Å². The molecule has 0 spiro atoms. The lowest BCUT2D eigenvalue weighted by atomic mass is 9.91. The molecule has 1 amide bonds. The first kappa shape index (κ1) is 26.9. The number of hydrogen-bond acceptors (Lipinski definition) is 6. The van der Waals surface area contributed by atoms with Gasteiger partial charge in [0.2, 0.25) is 5.91 Å². The maximum atomic E-state index is 12.0. The molecule has 0 aromatic heterocycles. The molecule has 3 N–H and O–H groups in total. The third-order valence-electron chi connectivity index (χ3n) is 6.31. The first-order valence-corrected chi connectivity index (χ1v) is 13.2. The van der Waals surface area contributed by atoms with E-state index >= 15 is 0 Å².